The number of ether oxygens (including phenoxy) is 1. The normalized spacial score (nSPS) is 48.6. The highest BCUT2D eigenvalue weighted by molar-refractivity contribution is 6.24. The second-order valence-electron chi connectivity index (χ2n) is 7.30. The number of hydrogen-bond acceptors (Lipinski definition) is 2. The van der Waals surface area contributed by atoms with Crippen LogP contribution in [0.2, 0.25) is 0 Å². The monoisotopic (exact) mass is 283 g/mol. The molecular formula is C15H22ClNO2. The van der Waals surface area contributed by atoms with Crippen molar-refractivity contribution in [3.8, 4) is 0 Å². The molecule has 5 aliphatic rings. The van der Waals surface area contributed by atoms with Gasteiger partial charge < -0.3 is 9.64 Å². The van der Waals surface area contributed by atoms with Crippen molar-refractivity contribution >= 4 is 17.5 Å². The van der Waals surface area contributed by atoms with Crippen LogP contribution in [0.1, 0.15) is 38.5 Å². The predicted octanol–water partition coefficient (Wildman–Crippen LogP) is 2.42. The average Bonchev–Trinajstić information content (AvgIpc) is 2.36. The summed E-state index contributed by atoms with van der Waals surface area (Å²) in [5.74, 6) is 1.78. The number of amides is 1. The third-order valence-corrected chi connectivity index (χ3v) is 6.18. The molecule has 106 valence electrons. The Kier molecular flexibility index (Phi) is 2.69. The maximum atomic E-state index is 13.0. The molecule has 4 aliphatic carbocycles. The molecular weight excluding hydrogens is 262 g/mol. The van der Waals surface area contributed by atoms with Crippen molar-refractivity contribution in [2.24, 2.45) is 17.3 Å². The fourth-order valence-corrected chi connectivity index (χ4v) is 6.20. The third kappa shape index (κ3) is 1.92. The number of alkyl halides is 1. The Morgan fingerprint density at radius 1 is 1.11 bits per heavy atom. The fraction of sp³-hybridized carbons (Fsp3) is 0.933. The lowest BCUT2D eigenvalue weighted by Gasteiger charge is -2.60. The maximum Gasteiger partial charge on any atom is 0.229 e. The van der Waals surface area contributed by atoms with E-state index in [0.29, 0.717) is 31.0 Å². The minimum atomic E-state index is -0.122. The zero-order valence-electron chi connectivity index (χ0n) is 11.4. The molecule has 0 N–H and O–H groups in total. The van der Waals surface area contributed by atoms with Crippen molar-refractivity contribution in [2.45, 2.75) is 43.4 Å². The topological polar surface area (TPSA) is 29.5 Å². The molecule has 0 aromatic rings. The van der Waals surface area contributed by atoms with Gasteiger partial charge >= 0.3 is 0 Å². The van der Waals surface area contributed by atoms with E-state index in [4.69, 9.17) is 16.3 Å². The van der Waals surface area contributed by atoms with Crippen LogP contribution in [-0.4, -0.2) is 42.0 Å². The third-order valence-electron chi connectivity index (χ3n) is 5.74. The van der Waals surface area contributed by atoms with Gasteiger partial charge in [-0.05, 0) is 50.4 Å². The Morgan fingerprint density at radius 3 is 2.32 bits per heavy atom. The van der Waals surface area contributed by atoms with E-state index in [0.717, 1.165) is 45.2 Å². The summed E-state index contributed by atoms with van der Waals surface area (Å²) in [6, 6.07) is 0. The van der Waals surface area contributed by atoms with Crippen molar-refractivity contribution in [1.29, 1.82) is 0 Å². The number of hydrogen-bond donors (Lipinski definition) is 0. The van der Waals surface area contributed by atoms with E-state index in [-0.39, 0.29) is 10.3 Å². The molecule has 2 atom stereocenters. The highest BCUT2D eigenvalue weighted by atomic mass is 35.5. The van der Waals surface area contributed by atoms with Crippen LogP contribution >= 0.6 is 11.6 Å². The van der Waals surface area contributed by atoms with E-state index < -0.39 is 0 Å². The largest absolute Gasteiger partial charge is 0.378 e. The van der Waals surface area contributed by atoms with E-state index in [1.54, 1.807) is 0 Å². The second kappa shape index (κ2) is 4.11. The average molecular weight is 284 g/mol. The minimum absolute atomic E-state index is 0.0635. The summed E-state index contributed by atoms with van der Waals surface area (Å²) in [4.78, 5) is 15.0. The number of morpholine rings is 1. The summed E-state index contributed by atoms with van der Waals surface area (Å²) in [6.07, 6.45) is 6.70. The van der Waals surface area contributed by atoms with Crippen LogP contribution in [0.3, 0.4) is 0 Å². The Balaban J connectivity index is 1.60. The van der Waals surface area contributed by atoms with Crippen LogP contribution in [0.5, 0.6) is 0 Å². The van der Waals surface area contributed by atoms with Crippen molar-refractivity contribution in [3.63, 3.8) is 0 Å². The molecule has 3 nitrogen and oxygen atoms in total. The molecule has 19 heavy (non-hydrogen) atoms. The van der Waals surface area contributed by atoms with E-state index in [9.17, 15) is 4.79 Å². The van der Waals surface area contributed by atoms with Gasteiger partial charge in [0.25, 0.3) is 0 Å². The van der Waals surface area contributed by atoms with Crippen molar-refractivity contribution in [3.05, 3.63) is 0 Å². The quantitative estimate of drug-likeness (QED) is 0.692. The van der Waals surface area contributed by atoms with Gasteiger partial charge in [-0.1, -0.05) is 0 Å². The van der Waals surface area contributed by atoms with Crippen molar-refractivity contribution in [1.82, 2.24) is 4.90 Å². The fourth-order valence-electron chi connectivity index (χ4n) is 5.50. The molecule has 4 heteroatoms. The Labute approximate surface area is 119 Å². The summed E-state index contributed by atoms with van der Waals surface area (Å²) in [5.41, 5.74) is -0.122. The Hall–Kier alpha value is -0.280. The molecule has 5 rings (SSSR count). The Morgan fingerprint density at radius 2 is 1.74 bits per heavy atom. The second-order valence-corrected chi connectivity index (χ2v) is 8.10. The van der Waals surface area contributed by atoms with Crippen LogP contribution in [0, 0.1) is 17.3 Å². The lowest BCUT2D eigenvalue weighted by Crippen LogP contribution is -2.60. The molecule has 1 aliphatic heterocycles. The zero-order valence-corrected chi connectivity index (χ0v) is 12.1. The highest BCUT2D eigenvalue weighted by Gasteiger charge is 2.60. The summed E-state index contributed by atoms with van der Waals surface area (Å²) in [5, 5.41) is 0. The van der Waals surface area contributed by atoms with E-state index in [1.165, 1.54) is 6.42 Å². The Bertz CT molecular complexity index is 391. The molecule has 1 amide bonds. The standard InChI is InChI=1S/C15H22ClNO2/c16-15-8-11-5-12(9-15)7-14(6-11,10-15)13(18)17-1-3-19-4-2-17/h11-12H,1-10H2/t11-,12-,14?,15?/m0/s1. The van der Waals surface area contributed by atoms with Gasteiger partial charge in [-0.3, -0.25) is 4.79 Å². The van der Waals surface area contributed by atoms with Gasteiger partial charge in [0.05, 0.1) is 18.6 Å². The van der Waals surface area contributed by atoms with Gasteiger partial charge in [-0.2, -0.15) is 0 Å². The van der Waals surface area contributed by atoms with E-state index in [2.05, 4.69) is 0 Å². The van der Waals surface area contributed by atoms with Gasteiger partial charge in [0.2, 0.25) is 5.91 Å². The van der Waals surface area contributed by atoms with Gasteiger partial charge in [0.1, 0.15) is 0 Å². The molecule has 0 spiro atoms. The van der Waals surface area contributed by atoms with E-state index in [1.807, 2.05) is 4.90 Å². The lowest BCUT2D eigenvalue weighted by atomic mass is 9.49. The lowest BCUT2D eigenvalue weighted by molar-refractivity contribution is -0.160. The molecule has 0 unspecified atom stereocenters. The first-order valence-electron chi connectivity index (χ1n) is 7.65. The molecule has 1 heterocycles. The molecule has 4 bridgehead atoms. The zero-order chi connectivity index (χ0) is 13.1. The molecule has 1 saturated heterocycles. The van der Waals surface area contributed by atoms with Gasteiger partial charge in [-0.15, -0.1) is 11.6 Å². The summed E-state index contributed by atoms with van der Waals surface area (Å²) in [7, 11) is 0. The summed E-state index contributed by atoms with van der Waals surface area (Å²) >= 11 is 6.81. The first kappa shape index (κ1) is 12.5. The predicted molar refractivity (Wildman–Crippen MR) is 73.1 cm³/mol. The van der Waals surface area contributed by atoms with Crippen LogP contribution in [0.4, 0.5) is 0 Å². The molecule has 0 aromatic carbocycles. The molecule has 4 saturated carbocycles. The molecule has 0 aromatic heterocycles. The van der Waals surface area contributed by atoms with Crippen molar-refractivity contribution in [2.75, 3.05) is 26.3 Å². The molecule has 5 fully saturated rings. The highest BCUT2D eigenvalue weighted by Crippen LogP contribution is 2.64. The number of halogens is 1. The van der Waals surface area contributed by atoms with Gasteiger partial charge in [0, 0.05) is 18.0 Å². The number of rotatable bonds is 1. The van der Waals surface area contributed by atoms with Gasteiger partial charge in [0.15, 0.2) is 0 Å². The van der Waals surface area contributed by atoms with Gasteiger partial charge in [-0.25, -0.2) is 0 Å². The number of nitrogens with zero attached hydrogens (tertiary/aromatic N) is 1. The van der Waals surface area contributed by atoms with Crippen LogP contribution < -0.4 is 0 Å². The number of carbonyl (C=O) groups excluding carboxylic acids is 1. The first-order valence-corrected chi connectivity index (χ1v) is 8.03. The van der Waals surface area contributed by atoms with Crippen LogP contribution in [0.15, 0.2) is 0 Å². The van der Waals surface area contributed by atoms with Crippen molar-refractivity contribution < 1.29 is 9.53 Å². The first-order chi connectivity index (χ1) is 9.09. The summed E-state index contributed by atoms with van der Waals surface area (Å²) < 4.78 is 5.37. The summed E-state index contributed by atoms with van der Waals surface area (Å²) in [6.45, 7) is 2.93. The van der Waals surface area contributed by atoms with Crippen LogP contribution in [-0.2, 0) is 9.53 Å². The SMILES string of the molecule is O=C(N1CCOCC1)C12C[C@@H]3C[C@H](CC(Cl)(C3)C1)C2. The number of carbonyl (C=O) groups is 1. The minimum Gasteiger partial charge on any atom is -0.378 e. The van der Waals surface area contributed by atoms with Crippen LogP contribution in [0.25, 0.3) is 0 Å². The van der Waals surface area contributed by atoms with E-state index >= 15 is 0 Å². The smallest absolute Gasteiger partial charge is 0.229 e. The molecule has 0 radical (unpaired) electrons. The maximum absolute atomic E-state index is 13.0.